The molecule has 0 radical (unpaired) electrons. The molecule has 0 aliphatic rings. The van der Waals surface area contributed by atoms with E-state index in [0.29, 0.717) is 6.61 Å². The van der Waals surface area contributed by atoms with Crippen molar-refractivity contribution >= 4 is 29.2 Å². The number of carbonyl (C=O) groups excluding carboxylic acids is 2. The molecule has 4 aromatic rings. The van der Waals surface area contributed by atoms with Gasteiger partial charge in [0.2, 0.25) is 5.95 Å². The van der Waals surface area contributed by atoms with E-state index in [9.17, 15) is 14.4 Å². The van der Waals surface area contributed by atoms with E-state index in [0.717, 1.165) is 11.1 Å². The zero-order valence-electron chi connectivity index (χ0n) is 23.4. The lowest BCUT2D eigenvalue weighted by atomic mass is 10.1. The van der Waals surface area contributed by atoms with E-state index in [1.165, 1.54) is 10.9 Å². The van der Waals surface area contributed by atoms with E-state index < -0.39 is 29.8 Å². The van der Waals surface area contributed by atoms with Crippen molar-refractivity contribution in [1.29, 1.82) is 0 Å². The molecular formula is C29H34N6O7. The molecule has 0 saturated heterocycles. The van der Waals surface area contributed by atoms with Crippen LogP contribution in [-0.2, 0) is 43.7 Å². The Morgan fingerprint density at radius 1 is 0.976 bits per heavy atom. The number of nitrogen functional groups attached to an aromatic ring is 1. The molecule has 2 aromatic carbocycles. The first-order valence-corrected chi connectivity index (χ1v) is 13.4. The van der Waals surface area contributed by atoms with Crippen molar-refractivity contribution in [2.45, 2.75) is 45.9 Å². The van der Waals surface area contributed by atoms with Gasteiger partial charge in [-0.05, 0) is 17.0 Å². The molecule has 42 heavy (non-hydrogen) atoms. The maximum atomic E-state index is 13.0. The molecule has 222 valence electrons. The molecule has 0 spiro atoms. The van der Waals surface area contributed by atoms with Gasteiger partial charge in [0.15, 0.2) is 11.2 Å². The Morgan fingerprint density at radius 3 is 2.31 bits per heavy atom. The van der Waals surface area contributed by atoms with Crippen LogP contribution in [0.4, 0.5) is 10.7 Å². The predicted molar refractivity (Wildman–Crippen MR) is 153 cm³/mol. The van der Waals surface area contributed by atoms with Crippen molar-refractivity contribution in [3.05, 3.63) is 88.5 Å². The third kappa shape index (κ3) is 8.62. The fourth-order valence-corrected chi connectivity index (χ4v) is 3.93. The number of aromatic nitrogens is 4. The number of ether oxygens (including phenoxy) is 4. The first-order chi connectivity index (χ1) is 20.3. The number of hydrogen-bond donors (Lipinski definition) is 3. The normalized spacial score (nSPS) is 12.6. The summed E-state index contributed by atoms with van der Waals surface area (Å²) in [7, 11) is 0. The Kier molecular flexibility index (Phi) is 10.6. The molecule has 13 heteroatoms. The maximum absolute atomic E-state index is 13.0. The van der Waals surface area contributed by atoms with E-state index >= 15 is 0 Å². The second kappa shape index (κ2) is 14.8. The number of amides is 1. The molecule has 4 N–H and O–H groups in total. The van der Waals surface area contributed by atoms with Gasteiger partial charge in [-0.2, -0.15) is 4.98 Å². The number of carbonyl (C=O) groups is 2. The molecule has 13 nitrogen and oxygen atoms in total. The Hall–Kier alpha value is -4.75. The number of nitrogens with zero attached hydrogens (tertiary/aromatic N) is 3. The lowest BCUT2D eigenvalue weighted by molar-refractivity contribution is -0.155. The summed E-state index contributed by atoms with van der Waals surface area (Å²) in [4.78, 5) is 48.1. The van der Waals surface area contributed by atoms with Crippen LogP contribution in [0.1, 0.15) is 25.0 Å². The van der Waals surface area contributed by atoms with Crippen LogP contribution in [0.15, 0.2) is 71.8 Å². The molecule has 2 heterocycles. The van der Waals surface area contributed by atoms with E-state index in [4.69, 9.17) is 24.7 Å². The monoisotopic (exact) mass is 578 g/mol. The number of alkyl carbamates (subject to hydrolysis) is 1. The van der Waals surface area contributed by atoms with Gasteiger partial charge in [-0.25, -0.2) is 14.6 Å². The highest BCUT2D eigenvalue weighted by Gasteiger charge is 2.27. The van der Waals surface area contributed by atoms with E-state index in [1.54, 1.807) is 13.8 Å². The first-order valence-electron chi connectivity index (χ1n) is 13.4. The molecule has 0 aliphatic heterocycles. The van der Waals surface area contributed by atoms with Gasteiger partial charge in [-0.1, -0.05) is 74.5 Å². The number of rotatable bonds is 14. The Bertz CT molecular complexity index is 1510. The lowest BCUT2D eigenvalue weighted by Crippen LogP contribution is -2.46. The van der Waals surface area contributed by atoms with Crippen LogP contribution < -0.4 is 16.6 Å². The number of nitrogens with one attached hydrogen (secondary N) is 2. The summed E-state index contributed by atoms with van der Waals surface area (Å²) >= 11 is 0. The zero-order chi connectivity index (χ0) is 29.9. The van der Waals surface area contributed by atoms with Crippen LogP contribution in [0, 0.1) is 5.92 Å². The third-order valence-electron chi connectivity index (χ3n) is 6.18. The highest BCUT2D eigenvalue weighted by Crippen LogP contribution is 2.11. The Morgan fingerprint density at radius 2 is 1.64 bits per heavy atom. The van der Waals surface area contributed by atoms with Crippen LogP contribution in [0.3, 0.4) is 0 Å². The summed E-state index contributed by atoms with van der Waals surface area (Å²) in [6.07, 6.45) is -0.0328. The molecule has 0 fully saturated rings. The minimum atomic E-state index is -0.948. The number of hydrogen-bond acceptors (Lipinski definition) is 10. The number of aromatic amines is 1. The van der Waals surface area contributed by atoms with E-state index in [2.05, 4.69) is 20.3 Å². The summed E-state index contributed by atoms with van der Waals surface area (Å²) < 4.78 is 24.2. The summed E-state index contributed by atoms with van der Waals surface area (Å²) in [5, 5.41) is 2.59. The average molecular weight is 579 g/mol. The fraction of sp³-hybridized carbons (Fsp3) is 0.345. The van der Waals surface area contributed by atoms with Gasteiger partial charge >= 0.3 is 12.1 Å². The van der Waals surface area contributed by atoms with Crippen molar-refractivity contribution in [3.63, 3.8) is 0 Å². The summed E-state index contributed by atoms with van der Waals surface area (Å²) in [5.74, 6) is -0.977. The average Bonchev–Trinajstić information content (AvgIpc) is 3.39. The molecule has 4 rings (SSSR count). The quantitative estimate of drug-likeness (QED) is 0.189. The van der Waals surface area contributed by atoms with Gasteiger partial charge in [0, 0.05) is 0 Å². The van der Waals surface area contributed by atoms with E-state index in [-0.39, 0.29) is 49.6 Å². The minimum Gasteiger partial charge on any atom is -0.461 e. The van der Waals surface area contributed by atoms with E-state index in [1.807, 2.05) is 60.7 Å². The van der Waals surface area contributed by atoms with Crippen molar-refractivity contribution in [2.24, 2.45) is 5.92 Å². The van der Waals surface area contributed by atoms with Crippen molar-refractivity contribution in [3.8, 4) is 0 Å². The Labute approximate surface area is 242 Å². The lowest BCUT2D eigenvalue weighted by Gasteiger charge is -2.23. The number of nitrogens with two attached hydrogens (primary N) is 1. The Balaban J connectivity index is 1.36. The van der Waals surface area contributed by atoms with Crippen LogP contribution in [0.5, 0.6) is 0 Å². The molecule has 2 atom stereocenters. The van der Waals surface area contributed by atoms with Crippen LogP contribution in [-0.4, -0.2) is 56.9 Å². The maximum Gasteiger partial charge on any atom is 0.408 e. The number of H-pyrrole nitrogens is 1. The fourth-order valence-electron chi connectivity index (χ4n) is 3.93. The minimum absolute atomic E-state index is 0.0551. The SMILES string of the molecule is CC(C)[C@H](NC(=O)OCc1ccccc1)C(=O)OC[C@H](COCc1ccccc1)OCn1cnc2c(=O)[nH]c(N)nc21. The largest absolute Gasteiger partial charge is 0.461 e. The number of benzene rings is 2. The van der Waals surface area contributed by atoms with Crippen molar-refractivity contribution in [1.82, 2.24) is 24.8 Å². The summed E-state index contributed by atoms with van der Waals surface area (Å²) in [6, 6.07) is 17.8. The summed E-state index contributed by atoms with van der Waals surface area (Å²) in [5.41, 5.74) is 7.35. The molecule has 0 unspecified atom stereocenters. The van der Waals surface area contributed by atoms with Gasteiger partial charge in [0.1, 0.15) is 32.1 Å². The second-order valence-corrected chi connectivity index (χ2v) is 9.81. The topological polar surface area (TPSA) is 173 Å². The van der Waals surface area contributed by atoms with Gasteiger partial charge in [0.25, 0.3) is 5.56 Å². The molecule has 1 amide bonds. The highest BCUT2D eigenvalue weighted by atomic mass is 16.6. The highest BCUT2D eigenvalue weighted by molar-refractivity contribution is 5.81. The zero-order valence-corrected chi connectivity index (χ0v) is 23.4. The van der Waals surface area contributed by atoms with Crippen LogP contribution in [0.25, 0.3) is 11.2 Å². The van der Waals surface area contributed by atoms with Gasteiger partial charge in [-0.3, -0.25) is 14.3 Å². The first kappa shape index (κ1) is 30.2. The summed E-state index contributed by atoms with van der Waals surface area (Å²) in [6.45, 7) is 3.80. The molecule has 0 bridgehead atoms. The number of fused-ring (bicyclic) bond motifs is 1. The van der Waals surface area contributed by atoms with Gasteiger partial charge in [-0.15, -0.1) is 0 Å². The van der Waals surface area contributed by atoms with Crippen LogP contribution in [0.2, 0.25) is 0 Å². The second-order valence-electron chi connectivity index (χ2n) is 9.81. The van der Waals surface area contributed by atoms with Crippen LogP contribution >= 0.6 is 0 Å². The molecule has 0 saturated carbocycles. The number of esters is 1. The molecule has 0 aliphatic carbocycles. The number of imidazole rings is 1. The number of anilines is 1. The third-order valence-corrected chi connectivity index (χ3v) is 6.18. The van der Waals surface area contributed by atoms with Crippen molar-refractivity contribution < 1.29 is 28.5 Å². The van der Waals surface area contributed by atoms with Gasteiger partial charge < -0.3 is 30.0 Å². The van der Waals surface area contributed by atoms with Crippen molar-refractivity contribution in [2.75, 3.05) is 18.9 Å². The smallest absolute Gasteiger partial charge is 0.408 e. The molecular weight excluding hydrogens is 544 g/mol. The van der Waals surface area contributed by atoms with Gasteiger partial charge in [0.05, 0.1) is 19.5 Å². The predicted octanol–water partition coefficient (Wildman–Crippen LogP) is 2.76. The standard InChI is InChI=1S/C29H34N6O7/c1-19(2)23(32-29(38)41-14-21-11-7-4-8-12-21)27(37)40-16-22(15-39-13-20-9-5-3-6-10-20)42-18-35-17-31-24-25(35)33-28(30)34-26(24)36/h3-12,17,19,22-23H,13-16,18H2,1-2H3,(H,32,38)(H3,30,33,34,36)/t22-,23-/m0/s1. The molecule has 2 aromatic heterocycles.